The van der Waals surface area contributed by atoms with Crippen molar-refractivity contribution in [2.45, 2.75) is 13.2 Å². The van der Waals surface area contributed by atoms with Crippen LogP contribution in [0.2, 0.25) is 0 Å². The smallest absolute Gasteiger partial charge is 0.161 e. The number of hydrogen-bond acceptors (Lipinski definition) is 4. The normalized spacial score (nSPS) is 10.8. The molecule has 2 aromatic carbocycles. The number of nitrogens with zero attached hydrogens (tertiary/aromatic N) is 1. The van der Waals surface area contributed by atoms with Gasteiger partial charge in [0.1, 0.15) is 0 Å². The van der Waals surface area contributed by atoms with Gasteiger partial charge in [0.05, 0.1) is 20.8 Å². The quantitative estimate of drug-likeness (QED) is 0.891. The van der Waals surface area contributed by atoms with Crippen LogP contribution in [-0.2, 0) is 13.2 Å². The molecule has 0 aliphatic rings. The Morgan fingerprint density at radius 1 is 0.955 bits per heavy atom. The van der Waals surface area contributed by atoms with Gasteiger partial charge in [-0.3, -0.25) is 0 Å². The number of aliphatic hydroxyl groups is 1. The minimum atomic E-state index is 0.00491. The van der Waals surface area contributed by atoms with Crippen molar-refractivity contribution >= 4 is 0 Å². The molecule has 0 aromatic heterocycles. The largest absolute Gasteiger partial charge is 0.493 e. The van der Waals surface area contributed by atoms with Crippen LogP contribution in [-0.4, -0.2) is 38.3 Å². The lowest BCUT2D eigenvalue weighted by atomic mass is 9.97. The lowest BCUT2D eigenvalue weighted by molar-refractivity contribution is 0.282. The maximum absolute atomic E-state index is 9.70. The first-order valence-electron chi connectivity index (χ1n) is 7.18. The Bertz CT molecular complexity index is 638. The molecule has 0 radical (unpaired) electrons. The second kappa shape index (κ2) is 7.29. The van der Waals surface area contributed by atoms with Gasteiger partial charge in [-0.25, -0.2) is 0 Å². The molecule has 0 bridgehead atoms. The summed E-state index contributed by atoms with van der Waals surface area (Å²) in [7, 11) is 7.29. The Kier molecular flexibility index (Phi) is 5.41. The van der Waals surface area contributed by atoms with Gasteiger partial charge in [0.25, 0.3) is 0 Å². The lowest BCUT2D eigenvalue weighted by Gasteiger charge is -2.15. The van der Waals surface area contributed by atoms with E-state index in [0.29, 0.717) is 11.5 Å². The molecule has 1 N–H and O–H groups in total. The molecule has 4 nitrogen and oxygen atoms in total. The summed E-state index contributed by atoms with van der Waals surface area (Å²) in [5.74, 6) is 1.38. The minimum absolute atomic E-state index is 0.00491. The number of hydrogen-bond donors (Lipinski definition) is 1. The van der Waals surface area contributed by atoms with Crippen molar-refractivity contribution in [3.63, 3.8) is 0 Å². The summed E-state index contributed by atoms with van der Waals surface area (Å²) in [6.07, 6.45) is 0. The maximum atomic E-state index is 9.70. The monoisotopic (exact) mass is 301 g/mol. The summed E-state index contributed by atoms with van der Waals surface area (Å²) in [6.45, 7) is 0.851. The second-order valence-electron chi connectivity index (χ2n) is 5.46. The highest BCUT2D eigenvalue weighted by molar-refractivity contribution is 5.70. The summed E-state index contributed by atoms with van der Waals surface area (Å²) in [6, 6.07) is 12.0. The zero-order valence-corrected chi connectivity index (χ0v) is 13.6. The van der Waals surface area contributed by atoms with E-state index >= 15 is 0 Å². The van der Waals surface area contributed by atoms with Gasteiger partial charge in [0, 0.05) is 6.54 Å². The van der Waals surface area contributed by atoms with E-state index in [1.165, 1.54) is 5.56 Å². The molecule has 0 aliphatic carbocycles. The third-order valence-electron chi connectivity index (χ3n) is 3.53. The van der Waals surface area contributed by atoms with Gasteiger partial charge in [-0.1, -0.05) is 24.3 Å². The third kappa shape index (κ3) is 3.59. The number of benzene rings is 2. The van der Waals surface area contributed by atoms with E-state index in [1.54, 1.807) is 14.2 Å². The lowest BCUT2D eigenvalue weighted by Crippen LogP contribution is -2.11. The molecule has 0 amide bonds. The van der Waals surface area contributed by atoms with E-state index in [0.717, 1.165) is 23.2 Å². The van der Waals surface area contributed by atoms with E-state index in [9.17, 15) is 5.11 Å². The molecule has 0 saturated carbocycles. The summed E-state index contributed by atoms with van der Waals surface area (Å²) in [5.41, 5.74) is 4.09. The van der Waals surface area contributed by atoms with E-state index < -0.39 is 0 Å². The van der Waals surface area contributed by atoms with Gasteiger partial charge in [-0.05, 0) is 48.5 Å². The molecule has 0 fully saturated rings. The van der Waals surface area contributed by atoms with Crippen LogP contribution in [0.5, 0.6) is 11.5 Å². The van der Waals surface area contributed by atoms with E-state index in [-0.39, 0.29) is 6.61 Å². The number of methoxy groups -OCH3 is 2. The van der Waals surface area contributed by atoms with E-state index in [4.69, 9.17) is 9.47 Å². The van der Waals surface area contributed by atoms with Crippen molar-refractivity contribution in [2.75, 3.05) is 28.3 Å². The van der Waals surface area contributed by atoms with Crippen molar-refractivity contribution in [3.05, 3.63) is 47.5 Å². The summed E-state index contributed by atoms with van der Waals surface area (Å²) < 4.78 is 10.6. The minimum Gasteiger partial charge on any atom is -0.493 e. The predicted molar refractivity (Wildman–Crippen MR) is 88.3 cm³/mol. The fraction of sp³-hybridized carbons (Fsp3) is 0.333. The van der Waals surface area contributed by atoms with Crippen LogP contribution in [0, 0.1) is 0 Å². The predicted octanol–water partition coefficient (Wildman–Crippen LogP) is 2.92. The average Bonchev–Trinajstić information content (AvgIpc) is 2.53. The van der Waals surface area contributed by atoms with Gasteiger partial charge in [0.15, 0.2) is 11.5 Å². The standard InChI is InChI=1S/C18H23NO3/c1-19(2)11-13-5-7-16(15(9-13)12-20)14-6-8-17(21-3)18(10-14)22-4/h5-10,20H,11-12H2,1-4H3. The van der Waals surface area contributed by atoms with Gasteiger partial charge < -0.3 is 19.5 Å². The van der Waals surface area contributed by atoms with Crippen LogP contribution >= 0.6 is 0 Å². The molecular weight excluding hydrogens is 278 g/mol. The fourth-order valence-corrected chi connectivity index (χ4v) is 2.53. The van der Waals surface area contributed by atoms with Crippen molar-refractivity contribution in [1.29, 1.82) is 0 Å². The molecular formula is C18H23NO3. The maximum Gasteiger partial charge on any atom is 0.161 e. The Morgan fingerprint density at radius 3 is 2.27 bits per heavy atom. The number of aliphatic hydroxyl groups excluding tert-OH is 1. The summed E-state index contributed by atoms with van der Waals surface area (Å²) >= 11 is 0. The molecule has 0 spiro atoms. The molecule has 0 aliphatic heterocycles. The zero-order valence-electron chi connectivity index (χ0n) is 13.6. The SMILES string of the molecule is COc1ccc(-c2ccc(CN(C)C)cc2CO)cc1OC. The molecule has 2 aromatic rings. The average molecular weight is 301 g/mol. The molecule has 0 atom stereocenters. The van der Waals surface area contributed by atoms with Crippen molar-refractivity contribution in [1.82, 2.24) is 4.90 Å². The van der Waals surface area contributed by atoms with Gasteiger partial charge in [0.2, 0.25) is 0 Å². The highest BCUT2D eigenvalue weighted by atomic mass is 16.5. The first-order valence-corrected chi connectivity index (χ1v) is 7.18. The van der Waals surface area contributed by atoms with Crippen LogP contribution in [0.3, 0.4) is 0 Å². The Morgan fingerprint density at radius 2 is 1.68 bits per heavy atom. The topological polar surface area (TPSA) is 41.9 Å². The van der Waals surface area contributed by atoms with Crippen LogP contribution in [0.4, 0.5) is 0 Å². The Balaban J connectivity index is 2.43. The van der Waals surface area contributed by atoms with Gasteiger partial charge in [-0.2, -0.15) is 0 Å². The van der Waals surface area contributed by atoms with Crippen molar-refractivity contribution in [3.8, 4) is 22.6 Å². The second-order valence-corrected chi connectivity index (χ2v) is 5.46. The number of rotatable bonds is 6. The Labute approximate surface area is 131 Å². The van der Waals surface area contributed by atoms with Crippen LogP contribution in [0.15, 0.2) is 36.4 Å². The zero-order chi connectivity index (χ0) is 16.1. The van der Waals surface area contributed by atoms with Crippen molar-refractivity contribution in [2.24, 2.45) is 0 Å². The van der Waals surface area contributed by atoms with Crippen LogP contribution < -0.4 is 9.47 Å². The number of ether oxygens (including phenoxy) is 2. The molecule has 2 rings (SSSR count). The first-order chi connectivity index (χ1) is 10.6. The van der Waals surface area contributed by atoms with E-state index in [2.05, 4.69) is 11.0 Å². The van der Waals surface area contributed by atoms with Crippen molar-refractivity contribution < 1.29 is 14.6 Å². The molecule has 0 unspecified atom stereocenters. The summed E-state index contributed by atoms with van der Waals surface area (Å²) in [4.78, 5) is 2.10. The summed E-state index contributed by atoms with van der Waals surface area (Å²) in [5, 5.41) is 9.70. The molecule has 0 heterocycles. The molecule has 118 valence electrons. The highest BCUT2D eigenvalue weighted by Crippen LogP contribution is 2.34. The molecule has 22 heavy (non-hydrogen) atoms. The van der Waals surface area contributed by atoms with Crippen LogP contribution in [0.25, 0.3) is 11.1 Å². The highest BCUT2D eigenvalue weighted by Gasteiger charge is 2.10. The molecule has 4 heteroatoms. The first kappa shape index (κ1) is 16.3. The van der Waals surface area contributed by atoms with Gasteiger partial charge >= 0.3 is 0 Å². The fourth-order valence-electron chi connectivity index (χ4n) is 2.53. The Hall–Kier alpha value is -2.04. The van der Waals surface area contributed by atoms with E-state index in [1.807, 2.05) is 44.4 Å². The third-order valence-corrected chi connectivity index (χ3v) is 3.53. The molecule has 0 saturated heterocycles. The van der Waals surface area contributed by atoms with Gasteiger partial charge in [-0.15, -0.1) is 0 Å². The van der Waals surface area contributed by atoms with Crippen LogP contribution in [0.1, 0.15) is 11.1 Å².